The molecule has 0 amide bonds. The Bertz CT molecular complexity index is 355. The second kappa shape index (κ2) is 3.32. The first-order valence-electron chi connectivity index (χ1n) is 3.92. The largest absolute Gasteiger partial charge is 0.318 e. The Balaban J connectivity index is 2.29. The van der Waals surface area contributed by atoms with Crippen LogP contribution in [0.3, 0.4) is 0 Å². The van der Waals surface area contributed by atoms with Gasteiger partial charge in [0.2, 0.25) is 0 Å². The Morgan fingerprint density at radius 1 is 1.23 bits per heavy atom. The van der Waals surface area contributed by atoms with E-state index in [1.165, 1.54) is 0 Å². The molecule has 0 saturated heterocycles. The van der Waals surface area contributed by atoms with Gasteiger partial charge in [0.15, 0.2) is 5.82 Å². The van der Waals surface area contributed by atoms with Crippen molar-refractivity contribution in [2.75, 3.05) is 0 Å². The highest BCUT2D eigenvalue weighted by molar-refractivity contribution is 5.22. The average Bonchev–Trinajstić information content (AvgIpc) is 2.71. The number of aromatic amines is 1. The number of nitrogens with two attached hydrogens (primary N) is 1. The number of nitrogens with zero attached hydrogens (tertiary/aromatic N) is 3. The van der Waals surface area contributed by atoms with Gasteiger partial charge in [-0.2, -0.15) is 5.21 Å². The molecule has 0 fully saturated rings. The van der Waals surface area contributed by atoms with Gasteiger partial charge in [-0.1, -0.05) is 35.5 Å². The lowest BCUT2D eigenvalue weighted by Crippen LogP contribution is -2.13. The van der Waals surface area contributed by atoms with Crippen LogP contribution in [0.5, 0.6) is 0 Å². The zero-order chi connectivity index (χ0) is 9.10. The van der Waals surface area contributed by atoms with Gasteiger partial charge in [-0.3, -0.25) is 0 Å². The van der Waals surface area contributed by atoms with Crippen molar-refractivity contribution in [1.82, 2.24) is 20.6 Å². The fourth-order valence-electron chi connectivity index (χ4n) is 1.11. The van der Waals surface area contributed by atoms with Gasteiger partial charge in [-0.05, 0) is 5.56 Å². The molecule has 5 nitrogen and oxygen atoms in total. The first kappa shape index (κ1) is 7.88. The average molecular weight is 175 g/mol. The molecule has 1 heterocycles. The Labute approximate surface area is 75.0 Å². The molecule has 3 N–H and O–H groups in total. The van der Waals surface area contributed by atoms with Gasteiger partial charge in [0, 0.05) is 0 Å². The molecule has 0 bridgehead atoms. The summed E-state index contributed by atoms with van der Waals surface area (Å²) in [5.41, 5.74) is 6.85. The zero-order valence-corrected chi connectivity index (χ0v) is 6.88. The molecule has 1 aromatic carbocycles. The smallest absolute Gasteiger partial charge is 0.195 e. The maximum absolute atomic E-state index is 5.88. The van der Waals surface area contributed by atoms with Crippen LogP contribution < -0.4 is 5.73 Å². The highest BCUT2D eigenvalue weighted by Gasteiger charge is 2.11. The summed E-state index contributed by atoms with van der Waals surface area (Å²) in [5, 5.41) is 13.5. The molecule has 1 unspecified atom stereocenters. The molecule has 0 spiro atoms. The summed E-state index contributed by atoms with van der Waals surface area (Å²) in [6, 6.07) is 9.35. The summed E-state index contributed by atoms with van der Waals surface area (Å²) in [4.78, 5) is 0. The van der Waals surface area contributed by atoms with Gasteiger partial charge in [0.25, 0.3) is 0 Å². The fraction of sp³-hybridized carbons (Fsp3) is 0.125. The highest BCUT2D eigenvalue weighted by atomic mass is 15.5. The van der Waals surface area contributed by atoms with Crippen molar-refractivity contribution in [3.05, 3.63) is 41.7 Å². The topological polar surface area (TPSA) is 80.5 Å². The van der Waals surface area contributed by atoms with E-state index in [1.807, 2.05) is 30.3 Å². The van der Waals surface area contributed by atoms with E-state index in [2.05, 4.69) is 20.6 Å². The van der Waals surface area contributed by atoms with Gasteiger partial charge in [0.05, 0.1) is 6.04 Å². The number of hydrogen-bond acceptors (Lipinski definition) is 4. The fourth-order valence-corrected chi connectivity index (χ4v) is 1.11. The van der Waals surface area contributed by atoms with Crippen LogP contribution in [0.4, 0.5) is 0 Å². The summed E-state index contributed by atoms with van der Waals surface area (Å²) in [5.74, 6) is 0.506. The van der Waals surface area contributed by atoms with Crippen molar-refractivity contribution in [3.63, 3.8) is 0 Å². The lowest BCUT2D eigenvalue weighted by atomic mass is 10.1. The van der Waals surface area contributed by atoms with Crippen molar-refractivity contribution < 1.29 is 0 Å². The maximum atomic E-state index is 5.88. The van der Waals surface area contributed by atoms with Crippen molar-refractivity contribution >= 4 is 0 Å². The lowest BCUT2D eigenvalue weighted by Gasteiger charge is -2.05. The molecule has 0 aliphatic carbocycles. The van der Waals surface area contributed by atoms with Gasteiger partial charge in [-0.25, -0.2) is 0 Å². The van der Waals surface area contributed by atoms with Crippen LogP contribution in [0.25, 0.3) is 0 Å². The Kier molecular flexibility index (Phi) is 2.01. The van der Waals surface area contributed by atoms with Crippen LogP contribution in [0.2, 0.25) is 0 Å². The van der Waals surface area contributed by atoms with Crippen LogP contribution >= 0.6 is 0 Å². The molecule has 0 saturated carbocycles. The predicted molar refractivity (Wildman–Crippen MR) is 46.7 cm³/mol. The molecule has 1 aromatic heterocycles. The van der Waals surface area contributed by atoms with Crippen molar-refractivity contribution in [2.45, 2.75) is 6.04 Å². The molecule has 1 atom stereocenters. The molecule has 0 aliphatic rings. The summed E-state index contributed by atoms with van der Waals surface area (Å²) in [6.07, 6.45) is 0. The van der Waals surface area contributed by atoms with E-state index >= 15 is 0 Å². The van der Waals surface area contributed by atoms with Gasteiger partial charge in [0.1, 0.15) is 0 Å². The molecular formula is C8H9N5. The Morgan fingerprint density at radius 3 is 2.62 bits per heavy atom. The summed E-state index contributed by atoms with van der Waals surface area (Å²) in [6.45, 7) is 0. The van der Waals surface area contributed by atoms with Crippen molar-refractivity contribution in [3.8, 4) is 0 Å². The van der Waals surface area contributed by atoms with Crippen LogP contribution in [-0.4, -0.2) is 20.6 Å². The molecule has 13 heavy (non-hydrogen) atoms. The first-order chi connectivity index (χ1) is 6.38. The van der Waals surface area contributed by atoms with Gasteiger partial charge in [-0.15, -0.1) is 10.2 Å². The van der Waals surface area contributed by atoms with Crippen molar-refractivity contribution in [1.29, 1.82) is 0 Å². The minimum absolute atomic E-state index is 0.306. The number of hydrogen-bond donors (Lipinski definition) is 2. The van der Waals surface area contributed by atoms with E-state index < -0.39 is 0 Å². The molecule has 0 aliphatic heterocycles. The zero-order valence-electron chi connectivity index (χ0n) is 6.88. The van der Waals surface area contributed by atoms with Crippen molar-refractivity contribution in [2.24, 2.45) is 5.73 Å². The number of rotatable bonds is 2. The van der Waals surface area contributed by atoms with E-state index in [0.717, 1.165) is 5.56 Å². The van der Waals surface area contributed by atoms with E-state index in [0.29, 0.717) is 5.82 Å². The molecule has 66 valence electrons. The number of aromatic nitrogens is 4. The Morgan fingerprint density at radius 2 is 2.00 bits per heavy atom. The lowest BCUT2D eigenvalue weighted by molar-refractivity contribution is 0.785. The summed E-state index contributed by atoms with van der Waals surface area (Å²) >= 11 is 0. The number of benzene rings is 1. The highest BCUT2D eigenvalue weighted by Crippen LogP contribution is 2.13. The molecule has 2 rings (SSSR count). The summed E-state index contributed by atoms with van der Waals surface area (Å²) < 4.78 is 0. The van der Waals surface area contributed by atoms with E-state index in [4.69, 9.17) is 5.73 Å². The quantitative estimate of drug-likeness (QED) is 0.685. The first-order valence-corrected chi connectivity index (χ1v) is 3.92. The number of nitrogens with one attached hydrogen (secondary N) is 1. The van der Waals surface area contributed by atoms with Gasteiger partial charge >= 0.3 is 0 Å². The van der Waals surface area contributed by atoms with Crippen LogP contribution in [-0.2, 0) is 0 Å². The predicted octanol–water partition coefficient (Wildman–Crippen LogP) is 0.248. The molecular weight excluding hydrogens is 166 g/mol. The van der Waals surface area contributed by atoms with E-state index in [1.54, 1.807) is 0 Å². The maximum Gasteiger partial charge on any atom is 0.195 e. The monoisotopic (exact) mass is 175 g/mol. The SMILES string of the molecule is NC(c1ccccc1)c1nn[nH]n1. The summed E-state index contributed by atoms with van der Waals surface area (Å²) in [7, 11) is 0. The molecule has 5 heteroatoms. The second-order valence-electron chi connectivity index (χ2n) is 2.66. The van der Waals surface area contributed by atoms with Crippen LogP contribution in [0.15, 0.2) is 30.3 Å². The third-order valence-electron chi connectivity index (χ3n) is 1.80. The third-order valence-corrected chi connectivity index (χ3v) is 1.80. The van der Waals surface area contributed by atoms with E-state index in [-0.39, 0.29) is 6.04 Å². The normalized spacial score (nSPS) is 12.7. The standard InChI is InChI=1S/C8H9N5/c9-7(8-10-12-13-11-8)6-4-2-1-3-5-6/h1-5,7H,9H2,(H,10,11,12,13). The number of H-pyrrole nitrogens is 1. The van der Waals surface area contributed by atoms with Crippen LogP contribution in [0.1, 0.15) is 17.4 Å². The number of tetrazole rings is 1. The van der Waals surface area contributed by atoms with Gasteiger partial charge < -0.3 is 5.73 Å². The third kappa shape index (κ3) is 1.54. The Hall–Kier alpha value is -1.75. The molecule has 2 aromatic rings. The second-order valence-corrected chi connectivity index (χ2v) is 2.66. The molecule has 0 radical (unpaired) electrons. The minimum Gasteiger partial charge on any atom is -0.318 e. The van der Waals surface area contributed by atoms with E-state index in [9.17, 15) is 0 Å². The van der Waals surface area contributed by atoms with Crippen LogP contribution in [0, 0.1) is 0 Å². The minimum atomic E-state index is -0.306.